The number of rotatable bonds is 5. The number of aromatic nitrogens is 2. The smallest absolute Gasteiger partial charge is 0.339 e. The van der Waals surface area contributed by atoms with Crippen LogP contribution in [-0.4, -0.2) is 28.1 Å². The van der Waals surface area contributed by atoms with Crippen LogP contribution in [0, 0.1) is 6.92 Å². The molecule has 2 aromatic heterocycles. The minimum absolute atomic E-state index is 0.105. The number of hydrogen-bond donors (Lipinski definition) is 2. The fourth-order valence-corrected chi connectivity index (χ4v) is 2.52. The van der Waals surface area contributed by atoms with Gasteiger partial charge in [0.1, 0.15) is 5.76 Å². The van der Waals surface area contributed by atoms with Gasteiger partial charge in [-0.15, -0.1) is 0 Å². The lowest BCUT2D eigenvalue weighted by Crippen LogP contribution is -2.32. The number of aromatic amines is 1. The van der Waals surface area contributed by atoms with Crippen LogP contribution >= 0.6 is 0 Å². The van der Waals surface area contributed by atoms with Crippen LogP contribution in [-0.2, 0) is 9.53 Å². The molecular weight excluding hydrogens is 338 g/mol. The molecule has 1 aromatic carbocycles. The Morgan fingerprint density at radius 1 is 1.31 bits per heavy atom. The number of pyridine rings is 1. The zero-order valence-corrected chi connectivity index (χ0v) is 14.2. The molecule has 8 nitrogen and oxygen atoms in total. The number of hydrogen-bond acceptors (Lipinski definition) is 6. The second-order valence-electron chi connectivity index (χ2n) is 5.71. The van der Waals surface area contributed by atoms with E-state index in [1.807, 2.05) is 0 Å². The summed E-state index contributed by atoms with van der Waals surface area (Å²) in [6.07, 6.45) is -0.771. The summed E-state index contributed by atoms with van der Waals surface area (Å²) < 4.78 is 10.2. The van der Waals surface area contributed by atoms with Gasteiger partial charge in [-0.2, -0.15) is 0 Å². The number of para-hydroxylation sites is 1. The normalized spacial score (nSPS) is 11.9. The van der Waals surface area contributed by atoms with E-state index in [0.29, 0.717) is 16.7 Å². The standard InChI is InChI=1S/C18H17N3O5/c1-3-14(17(23)20-15-8-10(2)26-21-15)25-18(24)12-9-16(22)19-13-7-5-4-6-11(12)13/h4-9,14H,3H2,1-2H3,(H,19,22)(H,20,21,23)/t14-/m1/s1. The minimum atomic E-state index is -1.03. The van der Waals surface area contributed by atoms with Gasteiger partial charge in [0.15, 0.2) is 11.9 Å². The lowest BCUT2D eigenvalue weighted by atomic mass is 10.1. The highest BCUT2D eigenvalue weighted by Gasteiger charge is 2.24. The van der Waals surface area contributed by atoms with Gasteiger partial charge in [0.25, 0.3) is 5.91 Å². The summed E-state index contributed by atoms with van der Waals surface area (Å²) in [7, 11) is 0. The van der Waals surface area contributed by atoms with Crippen LogP contribution in [0.2, 0.25) is 0 Å². The second kappa shape index (κ2) is 7.22. The monoisotopic (exact) mass is 355 g/mol. The Kier molecular flexibility index (Phi) is 4.83. The van der Waals surface area contributed by atoms with Gasteiger partial charge in [-0.1, -0.05) is 30.3 Å². The van der Waals surface area contributed by atoms with E-state index < -0.39 is 23.5 Å². The van der Waals surface area contributed by atoms with E-state index in [2.05, 4.69) is 15.5 Å². The summed E-state index contributed by atoms with van der Waals surface area (Å²) in [6.45, 7) is 3.40. The van der Waals surface area contributed by atoms with Crippen LogP contribution in [0.5, 0.6) is 0 Å². The van der Waals surface area contributed by atoms with Crippen molar-refractivity contribution in [1.29, 1.82) is 0 Å². The number of esters is 1. The molecule has 0 unspecified atom stereocenters. The molecule has 0 saturated heterocycles. The number of benzene rings is 1. The molecule has 3 aromatic rings. The maximum Gasteiger partial charge on any atom is 0.339 e. The number of ether oxygens (including phenoxy) is 1. The molecule has 0 aliphatic heterocycles. The molecule has 0 radical (unpaired) electrons. The molecule has 1 atom stereocenters. The molecule has 3 rings (SSSR count). The van der Waals surface area contributed by atoms with E-state index in [1.54, 1.807) is 44.2 Å². The molecule has 0 aliphatic carbocycles. The van der Waals surface area contributed by atoms with Gasteiger partial charge >= 0.3 is 5.97 Å². The van der Waals surface area contributed by atoms with Crippen molar-refractivity contribution in [2.24, 2.45) is 0 Å². The fraction of sp³-hybridized carbons (Fsp3) is 0.222. The lowest BCUT2D eigenvalue weighted by molar-refractivity contribution is -0.124. The number of nitrogens with one attached hydrogen (secondary N) is 2. The predicted molar refractivity (Wildman–Crippen MR) is 93.9 cm³/mol. The minimum Gasteiger partial charge on any atom is -0.449 e. The van der Waals surface area contributed by atoms with Crippen molar-refractivity contribution in [3.63, 3.8) is 0 Å². The van der Waals surface area contributed by atoms with Gasteiger partial charge in [-0.3, -0.25) is 9.59 Å². The SMILES string of the molecule is CC[C@@H](OC(=O)c1cc(=O)[nH]c2ccccc12)C(=O)Nc1cc(C)on1. The number of nitrogens with zero attached hydrogens (tertiary/aromatic N) is 1. The fourth-order valence-electron chi connectivity index (χ4n) is 2.52. The Labute approximate surface area is 148 Å². The second-order valence-corrected chi connectivity index (χ2v) is 5.71. The number of H-pyrrole nitrogens is 1. The molecule has 2 N–H and O–H groups in total. The average Bonchev–Trinajstić information content (AvgIpc) is 3.03. The molecule has 2 heterocycles. The highest BCUT2D eigenvalue weighted by atomic mass is 16.5. The van der Waals surface area contributed by atoms with Gasteiger partial charge in [0.05, 0.1) is 5.56 Å². The molecule has 26 heavy (non-hydrogen) atoms. The topological polar surface area (TPSA) is 114 Å². The summed E-state index contributed by atoms with van der Waals surface area (Å²) in [5.41, 5.74) is 0.196. The van der Waals surface area contributed by atoms with Gasteiger partial charge in [-0.25, -0.2) is 4.79 Å². The van der Waals surface area contributed by atoms with Crippen molar-refractivity contribution in [3.8, 4) is 0 Å². The Hall–Kier alpha value is -3.42. The van der Waals surface area contributed by atoms with Crippen LogP contribution in [0.25, 0.3) is 10.9 Å². The Morgan fingerprint density at radius 2 is 2.08 bits per heavy atom. The number of amides is 1. The van der Waals surface area contributed by atoms with Gasteiger partial charge in [0, 0.05) is 23.0 Å². The highest BCUT2D eigenvalue weighted by Crippen LogP contribution is 2.17. The van der Waals surface area contributed by atoms with E-state index in [4.69, 9.17) is 9.26 Å². The van der Waals surface area contributed by atoms with Crippen LogP contribution in [0.3, 0.4) is 0 Å². The van der Waals surface area contributed by atoms with Crippen molar-refractivity contribution in [2.75, 3.05) is 5.32 Å². The Morgan fingerprint density at radius 3 is 2.77 bits per heavy atom. The van der Waals surface area contributed by atoms with Crippen LogP contribution < -0.4 is 10.9 Å². The van der Waals surface area contributed by atoms with E-state index in [1.165, 1.54) is 0 Å². The van der Waals surface area contributed by atoms with E-state index in [0.717, 1.165) is 6.07 Å². The van der Waals surface area contributed by atoms with Crippen molar-refractivity contribution in [2.45, 2.75) is 26.4 Å². The molecule has 134 valence electrons. The molecule has 0 aliphatic rings. The van der Waals surface area contributed by atoms with Crippen molar-refractivity contribution < 1.29 is 18.8 Å². The summed E-state index contributed by atoms with van der Waals surface area (Å²) in [4.78, 5) is 39.3. The van der Waals surface area contributed by atoms with Gasteiger partial charge < -0.3 is 19.6 Å². The third-order valence-electron chi connectivity index (χ3n) is 3.76. The number of carbonyl (C=O) groups excluding carboxylic acids is 2. The first-order chi connectivity index (χ1) is 12.5. The average molecular weight is 355 g/mol. The molecule has 0 spiro atoms. The molecule has 0 fully saturated rings. The third kappa shape index (κ3) is 3.64. The summed E-state index contributed by atoms with van der Waals surface area (Å²) >= 11 is 0. The predicted octanol–water partition coefficient (Wildman–Crippen LogP) is 2.40. The summed E-state index contributed by atoms with van der Waals surface area (Å²) in [5.74, 6) is -0.488. The first kappa shape index (κ1) is 17.4. The van der Waals surface area contributed by atoms with Crippen LogP contribution in [0.4, 0.5) is 5.82 Å². The number of carbonyl (C=O) groups is 2. The molecule has 8 heteroatoms. The zero-order chi connectivity index (χ0) is 18.7. The third-order valence-corrected chi connectivity index (χ3v) is 3.76. The Balaban J connectivity index is 1.81. The van der Waals surface area contributed by atoms with Crippen molar-refractivity contribution in [1.82, 2.24) is 10.1 Å². The largest absolute Gasteiger partial charge is 0.449 e. The molecule has 0 saturated carbocycles. The van der Waals surface area contributed by atoms with E-state index >= 15 is 0 Å². The lowest BCUT2D eigenvalue weighted by Gasteiger charge is -2.15. The van der Waals surface area contributed by atoms with E-state index in [-0.39, 0.29) is 17.8 Å². The quantitative estimate of drug-likeness (QED) is 0.679. The summed E-state index contributed by atoms with van der Waals surface area (Å²) in [5, 5.41) is 6.74. The van der Waals surface area contributed by atoms with Crippen molar-refractivity contribution in [3.05, 3.63) is 58.1 Å². The Bertz CT molecular complexity index is 1020. The summed E-state index contributed by atoms with van der Waals surface area (Å²) in [6, 6.07) is 9.59. The zero-order valence-electron chi connectivity index (χ0n) is 14.2. The van der Waals surface area contributed by atoms with Crippen molar-refractivity contribution >= 4 is 28.6 Å². The molecule has 0 bridgehead atoms. The van der Waals surface area contributed by atoms with Crippen LogP contribution in [0.1, 0.15) is 29.5 Å². The van der Waals surface area contributed by atoms with Gasteiger partial charge in [0.2, 0.25) is 5.56 Å². The molecular formula is C18H17N3O5. The first-order valence-electron chi connectivity index (χ1n) is 8.05. The van der Waals surface area contributed by atoms with E-state index in [9.17, 15) is 14.4 Å². The van der Waals surface area contributed by atoms with Crippen LogP contribution in [0.15, 0.2) is 45.7 Å². The first-order valence-corrected chi connectivity index (χ1v) is 8.05. The van der Waals surface area contributed by atoms with Gasteiger partial charge in [-0.05, 0) is 19.4 Å². The maximum atomic E-state index is 12.6. The number of anilines is 1. The maximum absolute atomic E-state index is 12.6. The highest BCUT2D eigenvalue weighted by molar-refractivity contribution is 6.04. The number of fused-ring (bicyclic) bond motifs is 1. The molecule has 1 amide bonds. The number of aryl methyl sites for hydroxylation is 1.